The number of ether oxygens (including phenoxy) is 2. The number of sulfonamides is 1. The SMILES string of the molecule is NCCOCCOCCN1CC(S(N)(=O)=O)CC1=O. The highest BCUT2D eigenvalue weighted by molar-refractivity contribution is 7.89. The van der Waals surface area contributed by atoms with E-state index >= 15 is 0 Å². The first-order chi connectivity index (χ1) is 8.95. The summed E-state index contributed by atoms with van der Waals surface area (Å²) < 4.78 is 32.7. The molecule has 8 nitrogen and oxygen atoms in total. The number of primary sulfonamides is 1. The van der Waals surface area contributed by atoms with Crippen molar-refractivity contribution < 1.29 is 22.7 Å². The van der Waals surface area contributed by atoms with Crippen molar-refractivity contribution in [1.82, 2.24) is 4.90 Å². The van der Waals surface area contributed by atoms with Crippen molar-refractivity contribution in [3.05, 3.63) is 0 Å². The van der Waals surface area contributed by atoms with Crippen molar-refractivity contribution in [3.8, 4) is 0 Å². The molecule has 0 aromatic carbocycles. The Kier molecular flexibility index (Phi) is 6.66. The maximum Gasteiger partial charge on any atom is 0.224 e. The first-order valence-corrected chi connectivity index (χ1v) is 7.71. The lowest BCUT2D eigenvalue weighted by molar-refractivity contribution is -0.128. The molecule has 0 saturated carbocycles. The minimum absolute atomic E-state index is 0.0432. The van der Waals surface area contributed by atoms with Gasteiger partial charge >= 0.3 is 0 Å². The van der Waals surface area contributed by atoms with Gasteiger partial charge in [0.1, 0.15) is 5.25 Å². The molecule has 0 radical (unpaired) electrons. The monoisotopic (exact) mass is 295 g/mol. The third-order valence-electron chi connectivity index (χ3n) is 2.78. The molecule has 1 heterocycles. The van der Waals surface area contributed by atoms with E-state index in [1.165, 1.54) is 4.90 Å². The van der Waals surface area contributed by atoms with Crippen molar-refractivity contribution in [2.45, 2.75) is 11.7 Å². The van der Waals surface area contributed by atoms with E-state index in [1.54, 1.807) is 0 Å². The maximum atomic E-state index is 11.5. The molecule has 1 atom stereocenters. The van der Waals surface area contributed by atoms with E-state index in [0.717, 1.165) is 0 Å². The van der Waals surface area contributed by atoms with Gasteiger partial charge in [-0.15, -0.1) is 0 Å². The standard InChI is InChI=1S/C10H21N3O5S/c11-1-3-17-5-6-18-4-2-13-8-9(7-10(13)14)19(12,15)16/h9H,1-8,11H2,(H2,12,15,16). The quantitative estimate of drug-likeness (QED) is 0.468. The molecule has 1 aliphatic rings. The first kappa shape index (κ1) is 16.3. The van der Waals surface area contributed by atoms with Crippen LogP contribution in [0.3, 0.4) is 0 Å². The predicted octanol–water partition coefficient (Wildman–Crippen LogP) is -2.13. The Morgan fingerprint density at radius 2 is 1.84 bits per heavy atom. The molecular weight excluding hydrogens is 274 g/mol. The van der Waals surface area contributed by atoms with Crippen molar-refractivity contribution in [2.75, 3.05) is 46.1 Å². The van der Waals surface area contributed by atoms with Gasteiger partial charge in [0.25, 0.3) is 0 Å². The second-order valence-corrected chi connectivity index (χ2v) is 6.11. The van der Waals surface area contributed by atoms with Crippen LogP contribution in [0.15, 0.2) is 0 Å². The Balaban J connectivity index is 2.15. The fourth-order valence-corrected chi connectivity index (χ4v) is 2.51. The molecule has 1 unspecified atom stereocenters. The number of carbonyl (C=O) groups excluding carboxylic acids is 1. The van der Waals surface area contributed by atoms with E-state index in [1.807, 2.05) is 0 Å². The highest BCUT2D eigenvalue weighted by Crippen LogP contribution is 2.15. The van der Waals surface area contributed by atoms with Crippen LogP contribution in [-0.4, -0.2) is 70.5 Å². The summed E-state index contributed by atoms with van der Waals surface area (Å²) in [4.78, 5) is 13.0. The molecule has 1 aliphatic heterocycles. The maximum absolute atomic E-state index is 11.5. The minimum Gasteiger partial charge on any atom is -0.378 e. The number of amides is 1. The van der Waals surface area contributed by atoms with Gasteiger partial charge in [-0.3, -0.25) is 4.79 Å². The van der Waals surface area contributed by atoms with Gasteiger partial charge < -0.3 is 20.1 Å². The Morgan fingerprint density at radius 3 is 2.37 bits per heavy atom. The van der Waals surface area contributed by atoms with E-state index in [4.69, 9.17) is 20.3 Å². The normalized spacial score (nSPS) is 20.2. The highest BCUT2D eigenvalue weighted by atomic mass is 32.2. The van der Waals surface area contributed by atoms with Crippen LogP contribution in [0, 0.1) is 0 Å². The van der Waals surface area contributed by atoms with Gasteiger partial charge in [0.15, 0.2) is 0 Å². The number of likely N-dealkylation sites (tertiary alicyclic amines) is 1. The molecule has 1 rings (SSSR count). The van der Waals surface area contributed by atoms with E-state index in [0.29, 0.717) is 39.5 Å². The number of hydrogen-bond donors (Lipinski definition) is 2. The van der Waals surface area contributed by atoms with Crippen molar-refractivity contribution in [2.24, 2.45) is 10.9 Å². The summed E-state index contributed by atoms with van der Waals surface area (Å²) in [7, 11) is -3.65. The second kappa shape index (κ2) is 7.75. The Morgan fingerprint density at radius 1 is 1.21 bits per heavy atom. The fraction of sp³-hybridized carbons (Fsp3) is 0.900. The molecule has 1 fully saturated rings. The van der Waals surface area contributed by atoms with Crippen molar-refractivity contribution in [3.63, 3.8) is 0 Å². The van der Waals surface area contributed by atoms with E-state index in [2.05, 4.69) is 0 Å². The smallest absolute Gasteiger partial charge is 0.224 e. The molecule has 0 spiro atoms. The third kappa shape index (κ3) is 5.83. The zero-order chi connectivity index (χ0) is 14.3. The molecule has 1 amide bonds. The summed E-state index contributed by atoms with van der Waals surface area (Å²) in [6.45, 7) is 2.67. The van der Waals surface area contributed by atoms with Gasteiger partial charge in [-0.05, 0) is 0 Å². The average Bonchev–Trinajstić information content (AvgIpc) is 2.70. The van der Waals surface area contributed by atoms with Gasteiger partial charge in [-0.25, -0.2) is 13.6 Å². The number of carbonyl (C=O) groups is 1. The number of nitrogens with two attached hydrogens (primary N) is 2. The van der Waals surface area contributed by atoms with Gasteiger partial charge in [-0.2, -0.15) is 0 Å². The summed E-state index contributed by atoms with van der Waals surface area (Å²) >= 11 is 0. The van der Waals surface area contributed by atoms with Crippen LogP contribution in [-0.2, 0) is 24.3 Å². The van der Waals surface area contributed by atoms with Gasteiger partial charge in [0.2, 0.25) is 15.9 Å². The summed E-state index contributed by atoms with van der Waals surface area (Å²) in [6, 6.07) is 0. The first-order valence-electron chi connectivity index (χ1n) is 6.10. The zero-order valence-corrected chi connectivity index (χ0v) is 11.6. The lowest BCUT2D eigenvalue weighted by atomic mass is 10.4. The van der Waals surface area contributed by atoms with Crippen LogP contribution in [0.2, 0.25) is 0 Å². The van der Waals surface area contributed by atoms with Gasteiger partial charge in [-0.1, -0.05) is 0 Å². The summed E-state index contributed by atoms with van der Waals surface area (Å²) in [5.41, 5.74) is 5.25. The topological polar surface area (TPSA) is 125 Å². The minimum atomic E-state index is -3.65. The van der Waals surface area contributed by atoms with E-state index in [-0.39, 0.29) is 18.9 Å². The number of rotatable bonds is 9. The predicted molar refractivity (Wildman–Crippen MR) is 68.8 cm³/mol. The molecule has 0 aromatic heterocycles. The van der Waals surface area contributed by atoms with Crippen LogP contribution >= 0.6 is 0 Å². The molecule has 9 heteroatoms. The fourth-order valence-electron chi connectivity index (χ4n) is 1.75. The zero-order valence-electron chi connectivity index (χ0n) is 10.8. The van der Waals surface area contributed by atoms with Crippen LogP contribution < -0.4 is 10.9 Å². The van der Waals surface area contributed by atoms with Crippen LogP contribution in [0.1, 0.15) is 6.42 Å². The second-order valence-electron chi connectivity index (χ2n) is 4.27. The number of hydrogen-bond acceptors (Lipinski definition) is 6. The number of nitrogens with zero attached hydrogens (tertiary/aromatic N) is 1. The van der Waals surface area contributed by atoms with Crippen molar-refractivity contribution in [1.29, 1.82) is 0 Å². The molecular formula is C10H21N3O5S. The average molecular weight is 295 g/mol. The molecule has 112 valence electrons. The molecule has 0 aliphatic carbocycles. The molecule has 0 bridgehead atoms. The Labute approximate surface area is 113 Å². The van der Waals surface area contributed by atoms with Crippen LogP contribution in [0.5, 0.6) is 0 Å². The highest BCUT2D eigenvalue weighted by Gasteiger charge is 2.35. The van der Waals surface area contributed by atoms with E-state index in [9.17, 15) is 13.2 Å². The third-order valence-corrected chi connectivity index (χ3v) is 4.03. The van der Waals surface area contributed by atoms with E-state index < -0.39 is 15.3 Å². The van der Waals surface area contributed by atoms with Gasteiger partial charge in [0.05, 0.1) is 26.4 Å². The largest absolute Gasteiger partial charge is 0.378 e. The van der Waals surface area contributed by atoms with Crippen LogP contribution in [0.4, 0.5) is 0 Å². The molecule has 19 heavy (non-hydrogen) atoms. The van der Waals surface area contributed by atoms with Crippen LogP contribution in [0.25, 0.3) is 0 Å². The van der Waals surface area contributed by atoms with Gasteiger partial charge in [0, 0.05) is 26.1 Å². The summed E-state index contributed by atoms with van der Waals surface area (Å²) in [6.07, 6.45) is -0.0432. The Bertz CT molecular complexity index is 387. The summed E-state index contributed by atoms with van der Waals surface area (Å²) in [5, 5.41) is 4.23. The van der Waals surface area contributed by atoms with Crippen molar-refractivity contribution >= 4 is 15.9 Å². The lowest BCUT2D eigenvalue weighted by Crippen LogP contribution is -2.33. The molecule has 1 saturated heterocycles. The lowest BCUT2D eigenvalue weighted by Gasteiger charge is -2.16. The summed E-state index contributed by atoms with van der Waals surface area (Å²) in [5.74, 6) is -0.206. The molecule has 4 N–H and O–H groups in total. The molecule has 0 aromatic rings. The Hall–Kier alpha value is -0.740.